The Labute approximate surface area is 126 Å². The minimum absolute atomic E-state index is 0.0187. The summed E-state index contributed by atoms with van der Waals surface area (Å²) in [4.78, 5) is 9.12. The van der Waals surface area contributed by atoms with E-state index in [0.717, 1.165) is 31.4 Å². The van der Waals surface area contributed by atoms with E-state index < -0.39 is 21.9 Å². The summed E-state index contributed by atoms with van der Waals surface area (Å²) >= 11 is 0. The normalized spacial score (nSPS) is 20.2. The third-order valence-electron chi connectivity index (χ3n) is 3.40. The fourth-order valence-corrected chi connectivity index (χ4v) is 2.86. The highest BCUT2D eigenvalue weighted by Gasteiger charge is 2.34. The molecule has 1 saturated heterocycles. The van der Waals surface area contributed by atoms with Crippen molar-refractivity contribution in [2.45, 2.75) is 31.5 Å². The Balaban J connectivity index is 2.20. The molecule has 0 bridgehead atoms. The Hall–Kier alpha value is -1.42. The molecule has 0 unspecified atom stereocenters. The van der Waals surface area contributed by atoms with Crippen molar-refractivity contribution in [1.29, 1.82) is 0 Å². The van der Waals surface area contributed by atoms with Gasteiger partial charge in [0, 0.05) is 25.3 Å². The summed E-state index contributed by atoms with van der Waals surface area (Å²) in [5, 5.41) is 0. The topological polar surface area (TPSA) is 75.2 Å². The largest absolute Gasteiger partial charge is 0.433 e. The molecule has 1 atom stereocenters. The van der Waals surface area contributed by atoms with E-state index in [1.807, 2.05) is 0 Å². The molecule has 2 rings (SSSR count). The molecule has 0 aliphatic carbocycles. The number of nitrogens with zero attached hydrogens (tertiary/aromatic N) is 3. The molecule has 0 saturated carbocycles. The number of anilines is 1. The predicted molar refractivity (Wildman–Crippen MR) is 74.9 cm³/mol. The van der Waals surface area contributed by atoms with Gasteiger partial charge in [-0.2, -0.15) is 13.2 Å². The first kappa shape index (κ1) is 16.9. The lowest BCUT2D eigenvalue weighted by Crippen LogP contribution is -2.47. The maximum absolute atomic E-state index is 12.7. The number of hydrogen-bond donors (Lipinski definition) is 1. The fourth-order valence-electron chi connectivity index (χ4n) is 2.37. The van der Waals surface area contributed by atoms with Crippen LogP contribution in [-0.2, 0) is 16.2 Å². The summed E-state index contributed by atoms with van der Waals surface area (Å²) in [6.45, 7) is 0.621. The average molecular weight is 338 g/mol. The van der Waals surface area contributed by atoms with Gasteiger partial charge in [-0.15, -0.1) is 0 Å². The van der Waals surface area contributed by atoms with Gasteiger partial charge in [0.2, 0.25) is 16.0 Å². The summed E-state index contributed by atoms with van der Waals surface area (Å²) in [6, 6.07) is 0.559. The molecular weight excluding hydrogens is 321 g/mol. The molecule has 1 aromatic heterocycles. The van der Waals surface area contributed by atoms with Crippen LogP contribution in [0.2, 0.25) is 0 Å². The third kappa shape index (κ3) is 4.54. The van der Waals surface area contributed by atoms with Gasteiger partial charge in [0.15, 0.2) is 0 Å². The van der Waals surface area contributed by atoms with Crippen LogP contribution in [0, 0.1) is 0 Å². The van der Waals surface area contributed by atoms with Gasteiger partial charge in [-0.3, -0.25) is 0 Å². The number of nitrogens with one attached hydrogen (secondary N) is 1. The van der Waals surface area contributed by atoms with Crippen LogP contribution in [0.15, 0.2) is 12.3 Å². The Kier molecular flexibility index (Phi) is 4.90. The van der Waals surface area contributed by atoms with Crippen molar-refractivity contribution in [1.82, 2.24) is 14.7 Å². The van der Waals surface area contributed by atoms with Crippen molar-refractivity contribution in [2.24, 2.45) is 0 Å². The second-order valence-corrected chi connectivity index (χ2v) is 7.04. The highest BCUT2D eigenvalue weighted by Crippen LogP contribution is 2.29. The van der Waals surface area contributed by atoms with E-state index in [1.165, 1.54) is 0 Å². The fraction of sp³-hybridized carbons (Fsp3) is 0.667. The van der Waals surface area contributed by atoms with E-state index in [2.05, 4.69) is 14.7 Å². The summed E-state index contributed by atoms with van der Waals surface area (Å²) in [6.07, 6.45) is -0.0710. The molecule has 22 heavy (non-hydrogen) atoms. The molecule has 124 valence electrons. The Bertz CT molecular complexity index is 621. The molecule has 1 fully saturated rings. The molecule has 0 aromatic carbocycles. The number of rotatable bonds is 4. The van der Waals surface area contributed by atoms with Crippen molar-refractivity contribution in [3.63, 3.8) is 0 Å². The number of halogens is 3. The molecule has 1 aliphatic heterocycles. The molecule has 0 radical (unpaired) electrons. The molecule has 0 amide bonds. The summed E-state index contributed by atoms with van der Waals surface area (Å²) in [5.41, 5.74) is -1.00. The van der Waals surface area contributed by atoms with Crippen molar-refractivity contribution in [2.75, 3.05) is 24.2 Å². The second kappa shape index (κ2) is 6.37. The Morgan fingerprint density at radius 3 is 2.77 bits per heavy atom. The van der Waals surface area contributed by atoms with Crippen LogP contribution in [-0.4, -0.2) is 43.8 Å². The molecule has 1 aliphatic rings. The minimum atomic E-state index is -4.53. The quantitative estimate of drug-likeness (QED) is 0.898. The zero-order valence-corrected chi connectivity index (χ0v) is 12.8. The van der Waals surface area contributed by atoms with Gasteiger partial charge in [-0.1, -0.05) is 0 Å². The molecule has 2 heterocycles. The molecular formula is C12H17F3N4O2S. The first-order valence-corrected chi connectivity index (χ1v) is 8.67. The van der Waals surface area contributed by atoms with Crippen LogP contribution in [0.5, 0.6) is 0 Å². The second-order valence-electron chi connectivity index (χ2n) is 5.20. The molecule has 0 spiro atoms. The predicted octanol–water partition coefficient (Wildman–Crippen LogP) is 1.40. The summed E-state index contributed by atoms with van der Waals surface area (Å²) in [5.74, 6) is -0.0187. The van der Waals surface area contributed by atoms with Gasteiger partial charge < -0.3 is 4.90 Å². The standard InChI is InChI=1S/C12H17F3N4O2S/c1-22(20,21)17-8-9-4-2-3-7-19(9)11-16-6-5-10(18-11)12(13,14)15/h5-6,9,17H,2-4,7-8H2,1H3/t9-/m0/s1. The molecule has 1 aromatic rings. The van der Waals surface area contributed by atoms with E-state index in [0.29, 0.717) is 13.0 Å². The van der Waals surface area contributed by atoms with Crippen molar-refractivity contribution in [3.05, 3.63) is 18.0 Å². The smallest absolute Gasteiger partial charge is 0.337 e. The highest BCUT2D eigenvalue weighted by atomic mass is 32.2. The summed E-state index contributed by atoms with van der Waals surface area (Å²) in [7, 11) is -3.36. The maximum atomic E-state index is 12.7. The van der Waals surface area contributed by atoms with Crippen LogP contribution in [0.25, 0.3) is 0 Å². The van der Waals surface area contributed by atoms with E-state index in [9.17, 15) is 21.6 Å². The van der Waals surface area contributed by atoms with Crippen LogP contribution in [0.4, 0.5) is 19.1 Å². The van der Waals surface area contributed by atoms with E-state index >= 15 is 0 Å². The van der Waals surface area contributed by atoms with Crippen LogP contribution in [0.3, 0.4) is 0 Å². The first-order chi connectivity index (χ1) is 10.2. The van der Waals surface area contributed by atoms with Gasteiger partial charge in [0.05, 0.1) is 6.26 Å². The zero-order chi connectivity index (χ0) is 16.4. The molecule has 6 nitrogen and oxygen atoms in total. The van der Waals surface area contributed by atoms with Crippen LogP contribution < -0.4 is 9.62 Å². The van der Waals surface area contributed by atoms with E-state index in [-0.39, 0.29) is 18.5 Å². The lowest BCUT2D eigenvalue weighted by atomic mass is 10.0. The average Bonchev–Trinajstić information content (AvgIpc) is 2.44. The Morgan fingerprint density at radius 2 is 2.14 bits per heavy atom. The van der Waals surface area contributed by atoms with Crippen molar-refractivity contribution < 1.29 is 21.6 Å². The molecule has 1 N–H and O–H groups in total. The monoisotopic (exact) mass is 338 g/mol. The van der Waals surface area contributed by atoms with Gasteiger partial charge in [0.25, 0.3) is 0 Å². The highest BCUT2D eigenvalue weighted by molar-refractivity contribution is 7.88. The van der Waals surface area contributed by atoms with Crippen molar-refractivity contribution >= 4 is 16.0 Å². The maximum Gasteiger partial charge on any atom is 0.433 e. The summed E-state index contributed by atoms with van der Waals surface area (Å²) < 4.78 is 63.0. The molecule has 10 heteroatoms. The van der Waals surface area contributed by atoms with Gasteiger partial charge in [-0.05, 0) is 25.3 Å². The van der Waals surface area contributed by atoms with Crippen LogP contribution >= 0.6 is 0 Å². The van der Waals surface area contributed by atoms with Gasteiger partial charge in [-0.25, -0.2) is 23.1 Å². The lowest BCUT2D eigenvalue weighted by molar-refractivity contribution is -0.141. The number of aromatic nitrogens is 2. The number of alkyl halides is 3. The van der Waals surface area contributed by atoms with E-state index in [4.69, 9.17) is 0 Å². The minimum Gasteiger partial charge on any atom is -0.337 e. The van der Waals surface area contributed by atoms with Gasteiger partial charge >= 0.3 is 6.18 Å². The lowest BCUT2D eigenvalue weighted by Gasteiger charge is -2.35. The van der Waals surface area contributed by atoms with Crippen LogP contribution in [0.1, 0.15) is 25.0 Å². The van der Waals surface area contributed by atoms with Crippen molar-refractivity contribution in [3.8, 4) is 0 Å². The third-order valence-corrected chi connectivity index (χ3v) is 4.09. The zero-order valence-electron chi connectivity index (χ0n) is 12.0. The number of sulfonamides is 1. The number of hydrogen-bond acceptors (Lipinski definition) is 5. The van der Waals surface area contributed by atoms with E-state index in [1.54, 1.807) is 4.90 Å². The van der Waals surface area contributed by atoms with Gasteiger partial charge in [0.1, 0.15) is 5.69 Å². The Morgan fingerprint density at radius 1 is 1.41 bits per heavy atom. The SMILES string of the molecule is CS(=O)(=O)NC[C@@H]1CCCCN1c1nccc(C(F)(F)F)n1. The first-order valence-electron chi connectivity index (χ1n) is 6.78. The number of piperidine rings is 1.